The molecular formula is C11H22N2OS. The van der Waals surface area contributed by atoms with Crippen LogP contribution in [0.15, 0.2) is 0 Å². The lowest BCUT2D eigenvalue weighted by Gasteiger charge is -2.17. The molecule has 0 fully saturated rings. The number of nitrogens with one attached hydrogen (secondary N) is 2. The van der Waals surface area contributed by atoms with Crippen LogP contribution in [0.1, 0.15) is 40.0 Å². The Labute approximate surface area is 98.0 Å². The molecule has 1 amide bonds. The summed E-state index contributed by atoms with van der Waals surface area (Å²) >= 11 is 4.97. The lowest BCUT2D eigenvalue weighted by Crippen LogP contribution is -2.29. The Bertz CT molecular complexity index is 221. The molecule has 0 radical (unpaired) electrons. The van der Waals surface area contributed by atoms with Crippen molar-refractivity contribution in [2.75, 3.05) is 13.6 Å². The van der Waals surface area contributed by atoms with Crippen LogP contribution in [0.2, 0.25) is 0 Å². The Morgan fingerprint density at radius 2 is 1.87 bits per heavy atom. The molecule has 0 saturated carbocycles. The van der Waals surface area contributed by atoms with E-state index in [4.69, 9.17) is 12.2 Å². The van der Waals surface area contributed by atoms with Crippen LogP contribution in [-0.4, -0.2) is 24.5 Å². The van der Waals surface area contributed by atoms with E-state index >= 15 is 0 Å². The number of amides is 1. The van der Waals surface area contributed by atoms with E-state index in [-0.39, 0.29) is 11.3 Å². The van der Waals surface area contributed by atoms with Crippen molar-refractivity contribution in [1.82, 2.24) is 10.6 Å². The summed E-state index contributed by atoms with van der Waals surface area (Å²) in [4.78, 5) is 12.2. The summed E-state index contributed by atoms with van der Waals surface area (Å²) in [6.07, 6.45) is 2.22. The lowest BCUT2D eigenvalue weighted by molar-refractivity contribution is -0.121. The SMILES string of the molecule is CNC(=S)CCNC(=O)CCC(C)(C)C. The van der Waals surface area contributed by atoms with Gasteiger partial charge >= 0.3 is 0 Å². The molecule has 0 saturated heterocycles. The zero-order valence-corrected chi connectivity index (χ0v) is 11.0. The molecule has 0 heterocycles. The molecule has 0 aromatic rings. The first-order chi connectivity index (χ1) is 6.85. The van der Waals surface area contributed by atoms with Crippen LogP contribution < -0.4 is 10.6 Å². The van der Waals surface area contributed by atoms with Gasteiger partial charge < -0.3 is 10.6 Å². The van der Waals surface area contributed by atoms with Gasteiger partial charge in [-0.3, -0.25) is 4.79 Å². The van der Waals surface area contributed by atoms with Crippen LogP contribution in [0, 0.1) is 5.41 Å². The van der Waals surface area contributed by atoms with Crippen LogP contribution in [0.4, 0.5) is 0 Å². The van der Waals surface area contributed by atoms with Crippen LogP contribution in [-0.2, 0) is 4.79 Å². The van der Waals surface area contributed by atoms with Gasteiger partial charge in [-0.1, -0.05) is 33.0 Å². The largest absolute Gasteiger partial charge is 0.383 e. The number of hydrogen-bond donors (Lipinski definition) is 2. The molecule has 4 heteroatoms. The third-order valence-corrected chi connectivity index (χ3v) is 2.46. The number of thiocarbonyl (C=S) groups is 1. The van der Waals surface area contributed by atoms with E-state index in [0.717, 1.165) is 11.4 Å². The van der Waals surface area contributed by atoms with E-state index in [1.54, 1.807) is 7.05 Å². The average molecular weight is 230 g/mol. The van der Waals surface area contributed by atoms with Crippen LogP contribution >= 0.6 is 12.2 Å². The molecule has 0 aromatic heterocycles. The number of carbonyl (C=O) groups is 1. The van der Waals surface area contributed by atoms with Gasteiger partial charge in [0.1, 0.15) is 0 Å². The van der Waals surface area contributed by atoms with Gasteiger partial charge in [-0.25, -0.2) is 0 Å². The minimum atomic E-state index is 0.115. The second-order valence-corrected chi connectivity index (χ2v) is 5.33. The lowest BCUT2D eigenvalue weighted by atomic mass is 9.90. The van der Waals surface area contributed by atoms with Crippen molar-refractivity contribution in [2.24, 2.45) is 5.41 Å². The summed E-state index contributed by atoms with van der Waals surface area (Å²) in [6, 6.07) is 0. The van der Waals surface area contributed by atoms with Gasteiger partial charge in [0.2, 0.25) is 5.91 Å². The van der Waals surface area contributed by atoms with Crippen LogP contribution in [0.5, 0.6) is 0 Å². The maximum Gasteiger partial charge on any atom is 0.220 e. The number of hydrogen-bond acceptors (Lipinski definition) is 2. The number of carbonyl (C=O) groups excluding carboxylic acids is 1. The standard InChI is InChI=1S/C11H22N2OS/c1-11(2,3)7-5-9(14)13-8-6-10(15)12-4/h5-8H2,1-4H3,(H,12,15)(H,13,14). The molecular weight excluding hydrogens is 208 g/mol. The van der Waals surface area contributed by atoms with Gasteiger partial charge in [0.05, 0.1) is 4.99 Å². The topological polar surface area (TPSA) is 41.1 Å². The molecule has 0 spiro atoms. The molecule has 0 aliphatic rings. The number of rotatable bonds is 5. The fraction of sp³-hybridized carbons (Fsp3) is 0.818. The maximum absolute atomic E-state index is 11.4. The molecule has 0 atom stereocenters. The first kappa shape index (κ1) is 14.4. The van der Waals surface area contributed by atoms with Crippen molar-refractivity contribution in [1.29, 1.82) is 0 Å². The summed E-state index contributed by atoms with van der Waals surface area (Å²) in [5.41, 5.74) is 0.220. The zero-order chi connectivity index (χ0) is 11.9. The summed E-state index contributed by atoms with van der Waals surface area (Å²) in [5.74, 6) is 0.115. The second kappa shape index (κ2) is 6.77. The molecule has 2 N–H and O–H groups in total. The quantitative estimate of drug-likeness (QED) is 0.708. The molecule has 0 aliphatic carbocycles. The van der Waals surface area contributed by atoms with Crippen molar-refractivity contribution in [3.8, 4) is 0 Å². The average Bonchev–Trinajstić information content (AvgIpc) is 2.13. The highest BCUT2D eigenvalue weighted by atomic mass is 32.1. The molecule has 0 aliphatic heterocycles. The van der Waals surface area contributed by atoms with Crippen molar-refractivity contribution in [3.63, 3.8) is 0 Å². The van der Waals surface area contributed by atoms with E-state index in [0.29, 0.717) is 19.4 Å². The molecule has 0 rings (SSSR count). The third kappa shape index (κ3) is 9.66. The van der Waals surface area contributed by atoms with Gasteiger partial charge in [-0.2, -0.15) is 0 Å². The Hall–Kier alpha value is -0.640. The van der Waals surface area contributed by atoms with Gasteiger partial charge in [-0.05, 0) is 11.8 Å². The van der Waals surface area contributed by atoms with Crippen molar-refractivity contribution in [3.05, 3.63) is 0 Å². The highest BCUT2D eigenvalue weighted by Gasteiger charge is 2.12. The van der Waals surface area contributed by atoms with E-state index in [1.807, 2.05) is 0 Å². The monoisotopic (exact) mass is 230 g/mol. The zero-order valence-electron chi connectivity index (χ0n) is 10.1. The summed E-state index contributed by atoms with van der Waals surface area (Å²) in [6.45, 7) is 7.03. The van der Waals surface area contributed by atoms with Gasteiger partial charge in [-0.15, -0.1) is 0 Å². The molecule has 88 valence electrons. The first-order valence-electron chi connectivity index (χ1n) is 5.32. The first-order valence-corrected chi connectivity index (χ1v) is 5.73. The fourth-order valence-electron chi connectivity index (χ4n) is 1.02. The smallest absolute Gasteiger partial charge is 0.220 e. The Kier molecular flexibility index (Phi) is 6.48. The molecule has 15 heavy (non-hydrogen) atoms. The molecule has 0 unspecified atom stereocenters. The van der Waals surface area contributed by atoms with Crippen molar-refractivity contribution < 1.29 is 4.79 Å². The molecule has 3 nitrogen and oxygen atoms in total. The summed E-state index contributed by atoms with van der Waals surface area (Å²) in [5, 5.41) is 5.73. The van der Waals surface area contributed by atoms with Gasteiger partial charge in [0.15, 0.2) is 0 Å². The molecule has 0 aromatic carbocycles. The van der Waals surface area contributed by atoms with E-state index in [2.05, 4.69) is 31.4 Å². The Morgan fingerprint density at radius 1 is 1.27 bits per heavy atom. The van der Waals surface area contributed by atoms with E-state index in [1.165, 1.54) is 0 Å². The third-order valence-electron chi connectivity index (χ3n) is 2.06. The van der Waals surface area contributed by atoms with Crippen LogP contribution in [0.25, 0.3) is 0 Å². The fourth-order valence-corrected chi connectivity index (χ4v) is 1.12. The minimum absolute atomic E-state index is 0.115. The summed E-state index contributed by atoms with van der Waals surface area (Å²) in [7, 11) is 1.80. The normalized spacial score (nSPS) is 10.9. The van der Waals surface area contributed by atoms with Crippen molar-refractivity contribution >= 4 is 23.1 Å². The van der Waals surface area contributed by atoms with Gasteiger partial charge in [0, 0.05) is 26.4 Å². The Balaban J connectivity index is 3.54. The van der Waals surface area contributed by atoms with E-state index in [9.17, 15) is 4.79 Å². The highest BCUT2D eigenvalue weighted by Crippen LogP contribution is 2.19. The van der Waals surface area contributed by atoms with E-state index < -0.39 is 0 Å². The van der Waals surface area contributed by atoms with Gasteiger partial charge in [0.25, 0.3) is 0 Å². The minimum Gasteiger partial charge on any atom is -0.383 e. The highest BCUT2D eigenvalue weighted by molar-refractivity contribution is 7.80. The maximum atomic E-state index is 11.4. The predicted octanol–water partition coefficient (Wildman–Crippen LogP) is 1.87. The Morgan fingerprint density at radius 3 is 2.33 bits per heavy atom. The summed E-state index contributed by atoms with van der Waals surface area (Å²) < 4.78 is 0. The predicted molar refractivity (Wildman–Crippen MR) is 68.0 cm³/mol. The molecule has 0 bridgehead atoms. The van der Waals surface area contributed by atoms with Crippen molar-refractivity contribution in [2.45, 2.75) is 40.0 Å². The second-order valence-electron chi connectivity index (χ2n) is 4.83. The van der Waals surface area contributed by atoms with Crippen LogP contribution in [0.3, 0.4) is 0 Å².